The summed E-state index contributed by atoms with van der Waals surface area (Å²) in [5.74, 6) is 0.275. The summed E-state index contributed by atoms with van der Waals surface area (Å²) >= 11 is 6.20. The van der Waals surface area contributed by atoms with Crippen LogP contribution >= 0.6 is 11.6 Å². The number of nitrogens with zero attached hydrogens (tertiary/aromatic N) is 3. The predicted molar refractivity (Wildman–Crippen MR) is 67.5 cm³/mol. The van der Waals surface area contributed by atoms with Crippen LogP contribution in [0, 0.1) is 23.0 Å². The van der Waals surface area contributed by atoms with Gasteiger partial charge in [0, 0.05) is 18.3 Å². The molecular weight excluding hydrogens is 242 g/mol. The van der Waals surface area contributed by atoms with Crippen LogP contribution in [0.5, 0.6) is 0 Å². The molecule has 0 aliphatic carbocycles. The fraction of sp³-hybridized carbons (Fsp3) is 0.727. The van der Waals surface area contributed by atoms with Gasteiger partial charge in [0.2, 0.25) is 0 Å². The first-order valence-corrected chi connectivity index (χ1v) is 6.16. The Balaban J connectivity index is 3.15. The van der Waals surface area contributed by atoms with Crippen molar-refractivity contribution in [3.05, 3.63) is 21.5 Å². The van der Waals surface area contributed by atoms with Crippen LogP contribution in [0.3, 0.4) is 0 Å². The zero-order valence-corrected chi connectivity index (χ0v) is 11.4. The molecule has 0 bridgehead atoms. The second-order valence-electron chi connectivity index (χ2n) is 4.42. The van der Waals surface area contributed by atoms with Gasteiger partial charge in [0.1, 0.15) is 11.4 Å². The normalized spacial score (nSPS) is 13.1. The van der Waals surface area contributed by atoms with E-state index in [0.29, 0.717) is 24.4 Å². The third-order valence-electron chi connectivity index (χ3n) is 2.79. The summed E-state index contributed by atoms with van der Waals surface area (Å²) < 4.78 is 1.67. The van der Waals surface area contributed by atoms with E-state index in [-0.39, 0.29) is 21.9 Å². The number of aromatic nitrogens is 2. The maximum atomic E-state index is 11.0. The number of alkyl halides is 1. The van der Waals surface area contributed by atoms with Crippen molar-refractivity contribution in [3.8, 4) is 0 Å². The van der Waals surface area contributed by atoms with Crippen molar-refractivity contribution < 1.29 is 4.92 Å². The van der Waals surface area contributed by atoms with E-state index in [9.17, 15) is 10.1 Å². The van der Waals surface area contributed by atoms with Crippen LogP contribution in [0.15, 0.2) is 0 Å². The van der Waals surface area contributed by atoms with E-state index < -0.39 is 0 Å². The van der Waals surface area contributed by atoms with Gasteiger partial charge >= 0.3 is 5.69 Å². The molecular formula is C11H18ClN3O2. The standard InChI is InChI=1S/C11H18ClN3O2/c1-5-14-10(6-9(12)7(2)3)11(15(16)17)8(4)13-14/h7,9H,5-6H2,1-4H3. The van der Waals surface area contributed by atoms with Gasteiger partial charge in [-0.3, -0.25) is 14.8 Å². The van der Waals surface area contributed by atoms with Crippen molar-refractivity contribution in [1.29, 1.82) is 0 Å². The lowest BCUT2D eigenvalue weighted by molar-refractivity contribution is -0.386. The number of hydrogen-bond donors (Lipinski definition) is 0. The number of halogens is 1. The summed E-state index contributed by atoms with van der Waals surface area (Å²) in [5, 5.41) is 15.1. The van der Waals surface area contributed by atoms with Crippen molar-refractivity contribution in [1.82, 2.24) is 9.78 Å². The van der Waals surface area contributed by atoms with Crippen LogP contribution in [-0.2, 0) is 13.0 Å². The van der Waals surface area contributed by atoms with Gasteiger partial charge in [0.15, 0.2) is 0 Å². The van der Waals surface area contributed by atoms with Gasteiger partial charge in [-0.25, -0.2) is 0 Å². The number of rotatable bonds is 5. The largest absolute Gasteiger partial charge is 0.313 e. The van der Waals surface area contributed by atoms with Crippen LogP contribution in [-0.4, -0.2) is 20.1 Å². The molecule has 0 spiro atoms. The Bertz CT molecular complexity index is 415. The van der Waals surface area contributed by atoms with Gasteiger partial charge in [-0.15, -0.1) is 11.6 Å². The second-order valence-corrected chi connectivity index (χ2v) is 4.98. The summed E-state index contributed by atoms with van der Waals surface area (Å²) in [7, 11) is 0. The third kappa shape index (κ3) is 2.97. The molecule has 0 fully saturated rings. The minimum Gasteiger partial charge on any atom is -0.262 e. The van der Waals surface area contributed by atoms with Gasteiger partial charge in [-0.2, -0.15) is 5.10 Å². The number of hydrogen-bond acceptors (Lipinski definition) is 3. The Morgan fingerprint density at radius 3 is 2.53 bits per heavy atom. The average Bonchev–Trinajstić information content (AvgIpc) is 2.54. The van der Waals surface area contributed by atoms with Crippen LogP contribution < -0.4 is 0 Å². The van der Waals surface area contributed by atoms with Crippen molar-refractivity contribution >= 4 is 17.3 Å². The van der Waals surface area contributed by atoms with Crippen molar-refractivity contribution in [2.45, 2.75) is 46.0 Å². The first kappa shape index (κ1) is 14.0. The van der Waals surface area contributed by atoms with Gasteiger partial charge in [0.05, 0.1) is 4.92 Å². The quantitative estimate of drug-likeness (QED) is 0.464. The van der Waals surface area contributed by atoms with E-state index in [1.807, 2.05) is 20.8 Å². The molecule has 0 radical (unpaired) electrons. The molecule has 0 aromatic carbocycles. The summed E-state index contributed by atoms with van der Waals surface area (Å²) in [6, 6.07) is 0. The van der Waals surface area contributed by atoms with Crippen LogP contribution in [0.25, 0.3) is 0 Å². The summed E-state index contributed by atoms with van der Waals surface area (Å²) in [4.78, 5) is 10.7. The first-order chi connectivity index (χ1) is 7.88. The highest BCUT2D eigenvalue weighted by molar-refractivity contribution is 6.20. The zero-order valence-electron chi connectivity index (χ0n) is 10.6. The molecule has 1 aromatic rings. The second kappa shape index (κ2) is 5.49. The molecule has 1 rings (SSSR count). The van der Waals surface area contributed by atoms with E-state index in [1.165, 1.54) is 0 Å². The Labute approximate surface area is 106 Å². The molecule has 1 atom stereocenters. The molecule has 1 unspecified atom stereocenters. The molecule has 17 heavy (non-hydrogen) atoms. The summed E-state index contributed by atoms with van der Waals surface area (Å²) in [5.41, 5.74) is 1.20. The molecule has 1 aromatic heterocycles. The van der Waals surface area contributed by atoms with Crippen molar-refractivity contribution in [2.75, 3.05) is 0 Å². The Hall–Kier alpha value is -1.10. The number of aryl methyl sites for hydroxylation is 2. The molecule has 0 amide bonds. The molecule has 0 saturated heterocycles. The van der Waals surface area contributed by atoms with Gasteiger partial charge in [0.25, 0.3) is 0 Å². The lowest BCUT2D eigenvalue weighted by Crippen LogP contribution is -2.15. The minimum atomic E-state index is -0.367. The molecule has 1 heterocycles. The summed E-state index contributed by atoms with van der Waals surface area (Å²) in [6.07, 6.45) is 0.476. The molecule has 0 saturated carbocycles. The van der Waals surface area contributed by atoms with Gasteiger partial charge in [-0.1, -0.05) is 13.8 Å². The molecule has 5 nitrogen and oxygen atoms in total. The maximum absolute atomic E-state index is 11.0. The highest BCUT2D eigenvalue weighted by atomic mass is 35.5. The fourth-order valence-corrected chi connectivity index (χ4v) is 1.89. The monoisotopic (exact) mass is 259 g/mol. The Morgan fingerprint density at radius 1 is 1.53 bits per heavy atom. The molecule has 6 heteroatoms. The van der Waals surface area contributed by atoms with Crippen molar-refractivity contribution in [3.63, 3.8) is 0 Å². The van der Waals surface area contributed by atoms with Crippen LogP contribution in [0.4, 0.5) is 5.69 Å². The lowest BCUT2D eigenvalue weighted by Gasteiger charge is -2.13. The third-order valence-corrected chi connectivity index (χ3v) is 3.45. The smallest absolute Gasteiger partial charge is 0.262 e. The first-order valence-electron chi connectivity index (χ1n) is 5.73. The molecule has 0 aliphatic heterocycles. The van der Waals surface area contributed by atoms with Crippen LogP contribution in [0.1, 0.15) is 32.2 Å². The van der Waals surface area contributed by atoms with E-state index >= 15 is 0 Å². The molecule has 96 valence electrons. The van der Waals surface area contributed by atoms with E-state index in [2.05, 4.69) is 5.10 Å². The van der Waals surface area contributed by atoms with Gasteiger partial charge < -0.3 is 0 Å². The summed E-state index contributed by atoms with van der Waals surface area (Å²) in [6.45, 7) is 8.20. The predicted octanol–water partition coefficient (Wildman–Crippen LogP) is 2.93. The molecule has 0 N–H and O–H groups in total. The highest BCUT2D eigenvalue weighted by Gasteiger charge is 2.27. The zero-order chi connectivity index (χ0) is 13.2. The number of nitro groups is 1. The maximum Gasteiger partial charge on any atom is 0.313 e. The van der Waals surface area contributed by atoms with Gasteiger partial charge in [-0.05, 0) is 19.8 Å². The Morgan fingerprint density at radius 2 is 2.12 bits per heavy atom. The fourth-order valence-electron chi connectivity index (χ4n) is 1.74. The van der Waals surface area contributed by atoms with Crippen LogP contribution in [0.2, 0.25) is 0 Å². The lowest BCUT2D eigenvalue weighted by atomic mass is 10.0. The Kier molecular flexibility index (Phi) is 4.51. The average molecular weight is 260 g/mol. The SMILES string of the molecule is CCn1nc(C)c([N+](=O)[O-])c1CC(Cl)C(C)C. The minimum absolute atomic E-state index is 0.109. The van der Waals surface area contributed by atoms with E-state index in [4.69, 9.17) is 11.6 Å². The van der Waals surface area contributed by atoms with Crippen molar-refractivity contribution in [2.24, 2.45) is 5.92 Å². The highest BCUT2D eigenvalue weighted by Crippen LogP contribution is 2.27. The van der Waals surface area contributed by atoms with E-state index in [0.717, 1.165) is 0 Å². The van der Waals surface area contributed by atoms with E-state index in [1.54, 1.807) is 11.6 Å². The topological polar surface area (TPSA) is 61.0 Å². The molecule has 0 aliphatic rings.